The summed E-state index contributed by atoms with van der Waals surface area (Å²) in [5.41, 5.74) is 9.59. The zero-order valence-electron chi connectivity index (χ0n) is 25.1. The fourth-order valence-electron chi connectivity index (χ4n) is 6.86. The van der Waals surface area contributed by atoms with E-state index in [1.165, 1.54) is 32.7 Å². The molecule has 0 radical (unpaired) electrons. The van der Waals surface area contributed by atoms with Gasteiger partial charge in [0.1, 0.15) is 11.2 Å². The van der Waals surface area contributed by atoms with E-state index in [0.29, 0.717) is 0 Å². The minimum atomic E-state index is 0.880. The molecule has 0 aliphatic heterocycles. The summed E-state index contributed by atoms with van der Waals surface area (Å²) < 4.78 is 6.69. The third-order valence-electron chi connectivity index (χ3n) is 9.03. The fraction of sp³-hybridized carbons (Fsp3) is 0. The van der Waals surface area contributed by atoms with Crippen LogP contribution in [0.25, 0.3) is 65.7 Å². The third kappa shape index (κ3) is 4.35. The molecular formula is C44H29NO. The van der Waals surface area contributed by atoms with E-state index in [9.17, 15) is 0 Å². The van der Waals surface area contributed by atoms with Gasteiger partial charge in [0, 0.05) is 22.3 Å². The highest BCUT2D eigenvalue weighted by Crippen LogP contribution is 2.47. The first-order chi connectivity index (χ1) is 22.8. The second kappa shape index (κ2) is 10.8. The van der Waals surface area contributed by atoms with Crippen LogP contribution in [0.1, 0.15) is 0 Å². The van der Waals surface area contributed by atoms with Gasteiger partial charge in [-0.05, 0) is 80.7 Å². The lowest BCUT2D eigenvalue weighted by molar-refractivity contribution is 0.670. The molecule has 0 bridgehead atoms. The van der Waals surface area contributed by atoms with Crippen LogP contribution >= 0.6 is 0 Å². The summed E-state index contributed by atoms with van der Waals surface area (Å²) in [6, 6.07) is 62.7. The summed E-state index contributed by atoms with van der Waals surface area (Å²) >= 11 is 0. The molecule has 0 N–H and O–H groups in total. The number of anilines is 3. The Labute approximate surface area is 267 Å². The van der Waals surface area contributed by atoms with E-state index in [0.717, 1.165) is 50.1 Å². The van der Waals surface area contributed by atoms with Crippen molar-refractivity contribution in [1.29, 1.82) is 0 Å². The van der Waals surface area contributed by atoms with E-state index in [2.05, 4.69) is 175 Å². The van der Waals surface area contributed by atoms with Crippen molar-refractivity contribution in [1.82, 2.24) is 0 Å². The van der Waals surface area contributed by atoms with Crippen molar-refractivity contribution < 1.29 is 4.42 Å². The molecule has 2 heteroatoms. The van der Waals surface area contributed by atoms with E-state index in [1.807, 2.05) is 6.07 Å². The van der Waals surface area contributed by atoms with E-state index < -0.39 is 0 Å². The maximum Gasteiger partial charge on any atom is 0.145 e. The van der Waals surface area contributed by atoms with Crippen molar-refractivity contribution in [2.75, 3.05) is 4.90 Å². The molecule has 0 aliphatic carbocycles. The number of nitrogens with zero attached hydrogens (tertiary/aromatic N) is 1. The Balaban J connectivity index is 1.34. The first-order valence-corrected chi connectivity index (χ1v) is 15.7. The molecule has 0 spiro atoms. The standard InChI is InChI=1S/C44H29NO/c1-3-12-30(13-4-1)33-17-11-18-35(28-33)45(36-24-25-38-34(29-36)23-22-32-16-7-8-19-37(32)38)41-27-26-39(31-14-5-2-6-15-31)44-43(41)40-20-9-10-21-42(40)46-44/h1-29H. The van der Waals surface area contributed by atoms with Crippen LogP contribution in [0.3, 0.4) is 0 Å². The van der Waals surface area contributed by atoms with E-state index in [4.69, 9.17) is 4.42 Å². The topological polar surface area (TPSA) is 16.4 Å². The summed E-state index contributed by atoms with van der Waals surface area (Å²) in [6.45, 7) is 0. The molecule has 9 aromatic rings. The van der Waals surface area contributed by atoms with Crippen LogP contribution in [0.5, 0.6) is 0 Å². The van der Waals surface area contributed by atoms with Crippen molar-refractivity contribution >= 4 is 60.5 Å². The largest absolute Gasteiger partial charge is 0.455 e. The van der Waals surface area contributed by atoms with Gasteiger partial charge in [-0.15, -0.1) is 0 Å². The molecule has 0 fully saturated rings. The number of fused-ring (bicyclic) bond motifs is 6. The zero-order valence-corrected chi connectivity index (χ0v) is 25.1. The van der Waals surface area contributed by atoms with Crippen LogP contribution in [-0.2, 0) is 0 Å². The molecule has 0 atom stereocenters. The lowest BCUT2D eigenvalue weighted by Gasteiger charge is -2.27. The number of para-hydroxylation sites is 1. The Hall–Kier alpha value is -6.12. The van der Waals surface area contributed by atoms with Crippen LogP contribution in [-0.4, -0.2) is 0 Å². The lowest BCUT2D eigenvalue weighted by Crippen LogP contribution is -2.10. The van der Waals surface area contributed by atoms with Gasteiger partial charge in [-0.25, -0.2) is 0 Å². The number of furan rings is 1. The second-order valence-electron chi connectivity index (χ2n) is 11.7. The third-order valence-corrected chi connectivity index (χ3v) is 9.03. The summed E-state index contributed by atoms with van der Waals surface area (Å²) in [5.74, 6) is 0. The van der Waals surface area contributed by atoms with Crippen LogP contribution < -0.4 is 4.90 Å². The molecule has 0 unspecified atom stereocenters. The van der Waals surface area contributed by atoms with Crippen molar-refractivity contribution in [3.8, 4) is 22.3 Å². The average Bonchev–Trinajstić information content (AvgIpc) is 3.53. The average molecular weight is 588 g/mol. The van der Waals surface area contributed by atoms with Gasteiger partial charge < -0.3 is 9.32 Å². The molecule has 1 aromatic heterocycles. The summed E-state index contributed by atoms with van der Waals surface area (Å²) in [5, 5.41) is 7.16. The first kappa shape index (κ1) is 26.3. The Morgan fingerprint density at radius 1 is 0.391 bits per heavy atom. The number of hydrogen-bond donors (Lipinski definition) is 0. The molecule has 9 rings (SSSR count). The Bertz CT molecular complexity index is 2530. The minimum Gasteiger partial charge on any atom is -0.455 e. The van der Waals surface area contributed by atoms with Gasteiger partial charge in [-0.2, -0.15) is 0 Å². The van der Waals surface area contributed by atoms with Crippen molar-refractivity contribution in [2.45, 2.75) is 0 Å². The SMILES string of the molecule is c1ccc(-c2cccc(N(c3ccc4c(ccc5ccccc54)c3)c3ccc(-c4ccccc4)c4oc5ccccc5c34)c2)cc1. The molecule has 8 aromatic carbocycles. The van der Waals surface area contributed by atoms with Crippen LogP contribution in [0.2, 0.25) is 0 Å². The monoisotopic (exact) mass is 587 g/mol. The van der Waals surface area contributed by atoms with Gasteiger partial charge in [0.05, 0.1) is 11.1 Å². The van der Waals surface area contributed by atoms with E-state index in [-0.39, 0.29) is 0 Å². The van der Waals surface area contributed by atoms with Gasteiger partial charge in [0.25, 0.3) is 0 Å². The molecule has 216 valence electrons. The van der Waals surface area contributed by atoms with E-state index in [1.54, 1.807) is 0 Å². The number of benzene rings is 8. The predicted octanol–water partition coefficient (Wildman–Crippen LogP) is 12.7. The Morgan fingerprint density at radius 2 is 1.04 bits per heavy atom. The predicted molar refractivity (Wildman–Crippen MR) is 194 cm³/mol. The summed E-state index contributed by atoms with van der Waals surface area (Å²) in [4.78, 5) is 2.39. The summed E-state index contributed by atoms with van der Waals surface area (Å²) in [7, 11) is 0. The van der Waals surface area contributed by atoms with Gasteiger partial charge in [0.15, 0.2) is 0 Å². The molecular weight excluding hydrogens is 558 g/mol. The zero-order chi connectivity index (χ0) is 30.5. The van der Waals surface area contributed by atoms with Gasteiger partial charge in [-0.3, -0.25) is 0 Å². The second-order valence-corrected chi connectivity index (χ2v) is 11.7. The van der Waals surface area contributed by atoms with Crippen molar-refractivity contribution in [2.24, 2.45) is 0 Å². The van der Waals surface area contributed by atoms with E-state index >= 15 is 0 Å². The highest BCUT2D eigenvalue weighted by Gasteiger charge is 2.22. The van der Waals surface area contributed by atoms with Crippen molar-refractivity contribution in [3.63, 3.8) is 0 Å². The Morgan fingerprint density at radius 3 is 1.89 bits per heavy atom. The highest BCUT2D eigenvalue weighted by atomic mass is 16.3. The van der Waals surface area contributed by atoms with Crippen LogP contribution in [0.4, 0.5) is 17.1 Å². The molecule has 0 saturated heterocycles. The molecule has 0 amide bonds. The number of rotatable bonds is 5. The Kier molecular flexibility index (Phi) is 6.17. The molecule has 1 heterocycles. The quantitative estimate of drug-likeness (QED) is 0.186. The fourth-order valence-corrected chi connectivity index (χ4v) is 6.86. The van der Waals surface area contributed by atoms with Gasteiger partial charge in [-0.1, -0.05) is 133 Å². The van der Waals surface area contributed by atoms with Crippen LogP contribution in [0.15, 0.2) is 180 Å². The van der Waals surface area contributed by atoms with Gasteiger partial charge >= 0.3 is 0 Å². The molecule has 0 saturated carbocycles. The maximum absolute atomic E-state index is 6.69. The summed E-state index contributed by atoms with van der Waals surface area (Å²) in [6.07, 6.45) is 0. The molecule has 2 nitrogen and oxygen atoms in total. The lowest BCUT2D eigenvalue weighted by atomic mass is 9.98. The van der Waals surface area contributed by atoms with Crippen LogP contribution in [0, 0.1) is 0 Å². The molecule has 46 heavy (non-hydrogen) atoms. The molecule has 0 aliphatic rings. The smallest absolute Gasteiger partial charge is 0.145 e. The highest BCUT2D eigenvalue weighted by molar-refractivity contribution is 6.17. The van der Waals surface area contributed by atoms with Gasteiger partial charge in [0.2, 0.25) is 0 Å². The number of hydrogen-bond acceptors (Lipinski definition) is 2. The first-order valence-electron chi connectivity index (χ1n) is 15.7. The minimum absolute atomic E-state index is 0.880. The van der Waals surface area contributed by atoms with Crippen molar-refractivity contribution in [3.05, 3.63) is 176 Å². The normalized spacial score (nSPS) is 11.5. The maximum atomic E-state index is 6.69.